The average Bonchev–Trinajstić information content (AvgIpc) is 2.05. The van der Waals surface area contributed by atoms with E-state index in [2.05, 4.69) is 13.8 Å². The molecule has 1 aromatic carbocycles. The van der Waals surface area contributed by atoms with E-state index in [1.54, 1.807) is 12.1 Å². The highest BCUT2D eigenvalue weighted by Gasteiger charge is 2.18. The van der Waals surface area contributed by atoms with E-state index in [1.165, 1.54) is 0 Å². The molecule has 66 valence electrons. The maximum atomic E-state index is 9.23. The fourth-order valence-electron chi connectivity index (χ4n) is 1.04. The van der Waals surface area contributed by atoms with Gasteiger partial charge in [-0.15, -0.1) is 0 Å². The van der Waals surface area contributed by atoms with E-state index in [1.807, 2.05) is 12.1 Å². The van der Waals surface area contributed by atoms with Crippen molar-refractivity contribution in [3.63, 3.8) is 0 Å². The van der Waals surface area contributed by atoms with Gasteiger partial charge in [0.1, 0.15) is 5.75 Å². The van der Waals surface area contributed by atoms with Gasteiger partial charge >= 0.3 is 0 Å². The van der Waals surface area contributed by atoms with Gasteiger partial charge < -0.3 is 10.8 Å². The first-order chi connectivity index (χ1) is 5.56. The zero-order chi connectivity index (χ0) is 9.19. The van der Waals surface area contributed by atoms with Crippen LogP contribution in [0.4, 0.5) is 0 Å². The smallest absolute Gasteiger partial charge is 0.115 e. The maximum absolute atomic E-state index is 9.23. The van der Waals surface area contributed by atoms with E-state index in [0.29, 0.717) is 12.3 Å². The third-order valence-corrected chi connectivity index (χ3v) is 2.14. The zero-order valence-electron chi connectivity index (χ0n) is 7.54. The number of hydrogen-bond donors (Lipinski definition) is 2. The zero-order valence-corrected chi connectivity index (χ0v) is 7.54. The minimum atomic E-state index is -0.0568. The van der Waals surface area contributed by atoms with Crippen molar-refractivity contribution in [3.8, 4) is 5.75 Å². The van der Waals surface area contributed by atoms with Crippen LogP contribution >= 0.6 is 0 Å². The number of aromatic hydroxyl groups is 1. The van der Waals surface area contributed by atoms with Crippen molar-refractivity contribution >= 4 is 0 Å². The number of phenolic OH excluding ortho intramolecular Hbond substituents is 1. The van der Waals surface area contributed by atoms with Crippen LogP contribution in [0.5, 0.6) is 5.75 Å². The lowest BCUT2D eigenvalue weighted by Gasteiger charge is -2.22. The Morgan fingerprint density at radius 2 is 2.08 bits per heavy atom. The number of nitrogens with two attached hydrogens (primary N) is 1. The minimum absolute atomic E-state index is 0.0568. The van der Waals surface area contributed by atoms with Gasteiger partial charge in [-0.2, -0.15) is 0 Å². The summed E-state index contributed by atoms with van der Waals surface area (Å²) in [6.45, 7) is 4.69. The van der Waals surface area contributed by atoms with Gasteiger partial charge in [0.25, 0.3) is 0 Å². The summed E-state index contributed by atoms with van der Waals surface area (Å²) in [5, 5.41) is 9.23. The van der Waals surface area contributed by atoms with Gasteiger partial charge in [-0.25, -0.2) is 0 Å². The lowest BCUT2D eigenvalue weighted by Crippen LogP contribution is -2.27. The van der Waals surface area contributed by atoms with Gasteiger partial charge in [-0.3, -0.25) is 0 Å². The second kappa shape index (κ2) is 3.15. The van der Waals surface area contributed by atoms with Gasteiger partial charge in [0.15, 0.2) is 0 Å². The Morgan fingerprint density at radius 3 is 2.58 bits per heavy atom. The molecule has 1 aromatic rings. The average molecular weight is 165 g/mol. The van der Waals surface area contributed by atoms with Crippen LogP contribution in [0.1, 0.15) is 19.4 Å². The second-order valence-corrected chi connectivity index (χ2v) is 3.64. The van der Waals surface area contributed by atoms with Crippen LogP contribution in [0.2, 0.25) is 0 Å². The van der Waals surface area contributed by atoms with E-state index < -0.39 is 0 Å². The van der Waals surface area contributed by atoms with Gasteiger partial charge in [-0.1, -0.05) is 26.0 Å². The molecule has 12 heavy (non-hydrogen) atoms. The molecule has 0 aliphatic rings. The summed E-state index contributed by atoms with van der Waals surface area (Å²) in [4.78, 5) is 0. The molecule has 0 spiro atoms. The third kappa shape index (κ3) is 1.77. The summed E-state index contributed by atoms with van der Waals surface area (Å²) in [6, 6.07) is 7.23. The summed E-state index contributed by atoms with van der Waals surface area (Å²) < 4.78 is 0. The lowest BCUT2D eigenvalue weighted by molar-refractivity contribution is 0.468. The van der Waals surface area contributed by atoms with Gasteiger partial charge in [0.05, 0.1) is 0 Å². The fourth-order valence-corrected chi connectivity index (χ4v) is 1.04. The van der Waals surface area contributed by atoms with E-state index in [4.69, 9.17) is 5.73 Å². The molecule has 2 nitrogen and oxygen atoms in total. The molecule has 0 aromatic heterocycles. The van der Waals surface area contributed by atoms with E-state index >= 15 is 0 Å². The highest BCUT2D eigenvalue weighted by molar-refractivity contribution is 5.32. The van der Waals surface area contributed by atoms with Crippen molar-refractivity contribution in [1.82, 2.24) is 0 Å². The Balaban J connectivity index is 3.03. The molecule has 0 amide bonds. The Morgan fingerprint density at radius 1 is 1.42 bits per heavy atom. The van der Waals surface area contributed by atoms with Crippen LogP contribution in [0, 0.1) is 0 Å². The molecule has 3 N–H and O–H groups in total. The lowest BCUT2D eigenvalue weighted by atomic mass is 9.85. The predicted octanol–water partition coefficient (Wildman–Crippen LogP) is 1.63. The molecule has 0 aliphatic heterocycles. The topological polar surface area (TPSA) is 46.2 Å². The summed E-state index contributed by atoms with van der Waals surface area (Å²) in [5.41, 5.74) is 6.62. The highest BCUT2D eigenvalue weighted by Crippen LogP contribution is 2.24. The quantitative estimate of drug-likeness (QED) is 0.699. The summed E-state index contributed by atoms with van der Waals surface area (Å²) in [5.74, 6) is 0.300. The number of hydrogen-bond acceptors (Lipinski definition) is 2. The maximum Gasteiger partial charge on any atom is 0.115 e. The Hall–Kier alpha value is -1.02. The van der Waals surface area contributed by atoms with Gasteiger partial charge in [0, 0.05) is 12.0 Å². The predicted molar refractivity (Wildman–Crippen MR) is 50.2 cm³/mol. The molecule has 2 heteroatoms. The first kappa shape index (κ1) is 9.07. The van der Waals surface area contributed by atoms with Crippen molar-refractivity contribution in [3.05, 3.63) is 29.8 Å². The highest BCUT2D eigenvalue weighted by atomic mass is 16.3. The summed E-state index contributed by atoms with van der Waals surface area (Å²) in [6.07, 6.45) is 0. The standard InChI is InChI=1S/C10H15NO/c1-10(2,7-11)8-4-3-5-9(12)6-8/h3-6,12H,7,11H2,1-2H3. The monoisotopic (exact) mass is 165 g/mol. The number of phenols is 1. The Labute approximate surface area is 73.0 Å². The molecule has 0 aliphatic carbocycles. The summed E-state index contributed by atoms with van der Waals surface area (Å²) in [7, 11) is 0. The second-order valence-electron chi connectivity index (χ2n) is 3.64. The van der Waals surface area contributed by atoms with Gasteiger partial charge in [0.2, 0.25) is 0 Å². The van der Waals surface area contributed by atoms with Crippen molar-refractivity contribution in [1.29, 1.82) is 0 Å². The molecule has 1 rings (SSSR count). The van der Waals surface area contributed by atoms with E-state index in [-0.39, 0.29) is 5.41 Å². The molecule has 0 bridgehead atoms. The van der Waals surface area contributed by atoms with Crippen molar-refractivity contribution in [2.75, 3.05) is 6.54 Å². The van der Waals surface area contributed by atoms with Crippen LogP contribution in [-0.4, -0.2) is 11.7 Å². The van der Waals surface area contributed by atoms with Crippen LogP contribution in [0.3, 0.4) is 0 Å². The van der Waals surface area contributed by atoms with E-state index in [0.717, 1.165) is 5.56 Å². The SMILES string of the molecule is CC(C)(CN)c1cccc(O)c1. The van der Waals surface area contributed by atoms with Crippen LogP contribution in [0.15, 0.2) is 24.3 Å². The summed E-state index contributed by atoms with van der Waals surface area (Å²) >= 11 is 0. The first-order valence-corrected chi connectivity index (χ1v) is 4.06. The molecule has 0 radical (unpaired) electrons. The molecule has 0 saturated carbocycles. The molecule has 0 heterocycles. The van der Waals surface area contributed by atoms with Crippen molar-refractivity contribution in [2.45, 2.75) is 19.3 Å². The molecule has 0 unspecified atom stereocenters. The first-order valence-electron chi connectivity index (χ1n) is 4.06. The van der Waals surface area contributed by atoms with E-state index in [9.17, 15) is 5.11 Å². The number of rotatable bonds is 2. The molecule has 0 fully saturated rings. The van der Waals surface area contributed by atoms with Crippen molar-refractivity contribution < 1.29 is 5.11 Å². The van der Waals surface area contributed by atoms with Crippen LogP contribution in [0.25, 0.3) is 0 Å². The molecule has 0 saturated heterocycles. The fraction of sp³-hybridized carbons (Fsp3) is 0.400. The largest absolute Gasteiger partial charge is 0.508 e. The number of benzene rings is 1. The Bertz CT molecular complexity index is 268. The molecular weight excluding hydrogens is 150 g/mol. The molecular formula is C10H15NO. The van der Waals surface area contributed by atoms with Crippen LogP contribution in [-0.2, 0) is 5.41 Å². The van der Waals surface area contributed by atoms with Gasteiger partial charge in [-0.05, 0) is 17.7 Å². The third-order valence-electron chi connectivity index (χ3n) is 2.14. The molecule has 0 atom stereocenters. The minimum Gasteiger partial charge on any atom is -0.508 e. The van der Waals surface area contributed by atoms with Crippen LogP contribution < -0.4 is 5.73 Å². The normalized spacial score (nSPS) is 11.6. The Kier molecular flexibility index (Phi) is 2.38. The van der Waals surface area contributed by atoms with Crippen molar-refractivity contribution in [2.24, 2.45) is 5.73 Å².